The van der Waals surface area contributed by atoms with E-state index in [2.05, 4.69) is 20.0 Å². The van der Waals surface area contributed by atoms with Gasteiger partial charge in [-0.1, -0.05) is 11.3 Å². The summed E-state index contributed by atoms with van der Waals surface area (Å²) in [6.45, 7) is 0.363. The Balaban J connectivity index is 1.73. The number of nitrogens with zero attached hydrogens (tertiary/aromatic N) is 4. The van der Waals surface area contributed by atoms with Gasteiger partial charge < -0.3 is 0 Å². The minimum Gasteiger partial charge on any atom is -0.215 e. The summed E-state index contributed by atoms with van der Waals surface area (Å²) in [6.07, 6.45) is 4.04. The fraction of sp³-hybridized carbons (Fsp3) is 0.667. The van der Waals surface area contributed by atoms with Crippen molar-refractivity contribution < 1.29 is 8.42 Å². The third kappa shape index (κ3) is 2.52. The van der Waals surface area contributed by atoms with Crippen molar-refractivity contribution in [2.24, 2.45) is 0 Å². The van der Waals surface area contributed by atoms with Gasteiger partial charge >= 0.3 is 0 Å². The van der Waals surface area contributed by atoms with E-state index in [4.69, 9.17) is 0 Å². The van der Waals surface area contributed by atoms with Crippen LogP contribution in [0.3, 0.4) is 0 Å². The molecule has 0 radical (unpaired) electrons. The molecule has 0 aromatic carbocycles. The molecule has 2 heterocycles. The van der Waals surface area contributed by atoms with Crippen LogP contribution >= 0.6 is 11.3 Å². The maximum absolute atomic E-state index is 10.9. The Labute approximate surface area is 108 Å². The van der Waals surface area contributed by atoms with Gasteiger partial charge in [0.05, 0.1) is 6.26 Å². The summed E-state index contributed by atoms with van der Waals surface area (Å²) in [5, 5.41) is 13.5. The summed E-state index contributed by atoms with van der Waals surface area (Å²) in [5.41, 5.74) is 0. The van der Waals surface area contributed by atoms with E-state index in [0.717, 1.165) is 34.9 Å². The van der Waals surface area contributed by atoms with Crippen LogP contribution in [-0.2, 0) is 16.4 Å². The van der Waals surface area contributed by atoms with E-state index in [1.807, 2.05) is 0 Å². The first-order chi connectivity index (χ1) is 8.53. The lowest BCUT2D eigenvalue weighted by Gasteiger charge is -1.98. The molecule has 7 nitrogen and oxygen atoms in total. The van der Waals surface area contributed by atoms with Crippen molar-refractivity contribution in [1.29, 1.82) is 0 Å². The molecule has 1 fully saturated rings. The summed E-state index contributed by atoms with van der Waals surface area (Å²) in [4.78, 5) is 0.784. The Hall–Kier alpha value is -1.06. The number of nitrogens with one attached hydrogen (secondary N) is 1. The van der Waals surface area contributed by atoms with E-state index in [1.54, 1.807) is 4.52 Å². The van der Waals surface area contributed by atoms with Gasteiger partial charge in [-0.2, -0.15) is 9.61 Å². The lowest BCUT2D eigenvalue weighted by atomic mass is 10.4. The number of rotatable bonds is 5. The molecule has 1 aliphatic carbocycles. The lowest BCUT2D eigenvalue weighted by Crippen LogP contribution is -2.24. The van der Waals surface area contributed by atoms with Crippen LogP contribution in [-0.4, -0.2) is 41.0 Å². The summed E-state index contributed by atoms with van der Waals surface area (Å²) in [6, 6.07) is 0. The van der Waals surface area contributed by atoms with Gasteiger partial charge in [-0.05, 0) is 12.8 Å². The molecule has 2 aromatic rings. The zero-order chi connectivity index (χ0) is 12.8. The quantitative estimate of drug-likeness (QED) is 0.846. The van der Waals surface area contributed by atoms with Gasteiger partial charge in [0.25, 0.3) is 0 Å². The molecule has 18 heavy (non-hydrogen) atoms. The highest BCUT2D eigenvalue weighted by atomic mass is 32.2. The summed E-state index contributed by atoms with van der Waals surface area (Å²) >= 11 is 1.46. The predicted molar refractivity (Wildman–Crippen MR) is 67.2 cm³/mol. The first-order valence-corrected chi connectivity index (χ1v) is 8.39. The Morgan fingerprint density at radius 1 is 1.44 bits per heavy atom. The molecule has 0 spiro atoms. The standard InChI is InChI=1S/C9H13N5O2S2/c1-18(15,16)10-5-4-7-13-14-8(6-2-3-6)11-12-9(14)17-7/h6,10H,2-5H2,1H3. The number of fused-ring (bicyclic) bond motifs is 1. The van der Waals surface area contributed by atoms with Crippen LogP contribution in [0, 0.1) is 0 Å². The van der Waals surface area contributed by atoms with Gasteiger partial charge in [-0.25, -0.2) is 13.1 Å². The second kappa shape index (κ2) is 4.25. The minimum absolute atomic E-state index is 0.363. The summed E-state index contributed by atoms with van der Waals surface area (Å²) < 4.78 is 26.1. The molecule has 0 atom stereocenters. The second-order valence-electron chi connectivity index (χ2n) is 4.44. The number of hydrogen-bond donors (Lipinski definition) is 1. The molecule has 1 N–H and O–H groups in total. The largest absolute Gasteiger partial charge is 0.234 e. The molecule has 9 heteroatoms. The van der Waals surface area contributed by atoms with Gasteiger partial charge in [0, 0.05) is 18.9 Å². The van der Waals surface area contributed by atoms with E-state index in [1.165, 1.54) is 11.3 Å². The Kier molecular flexibility index (Phi) is 2.83. The fourth-order valence-corrected chi connectivity index (χ4v) is 3.02. The smallest absolute Gasteiger partial charge is 0.215 e. The van der Waals surface area contributed by atoms with Crippen molar-refractivity contribution >= 4 is 26.3 Å². The summed E-state index contributed by atoms with van der Waals surface area (Å²) in [7, 11) is -3.13. The van der Waals surface area contributed by atoms with Crippen molar-refractivity contribution in [2.75, 3.05) is 12.8 Å². The van der Waals surface area contributed by atoms with Gasteiger partial charge in [-0.3, -0.25) is 0 Å². The molecule has 98 valence electrons. The Morgan fingerprint density at radius 3 is 2.89 bits per heavy atom. The van der Waals surface area contributed by atoms with Crippen molar-refractivity contribution in [3.63, 3.8) is 0 Å². The first kappa shape index (κ1) is 12.0. The van der Waals surface area contributed by atoms with Crippen LogP contribution < -0.4 is 4.72 Å². The molecule has 2 aromatic heterocycles. The maximum atomic E-state index is 10.9. The van der Waals surface area contributed by atoms with E-state index in [0.29, 0.717) is 18.9 Å². The third-order valence-corrected chi connectivity index (χ3v) is 4.39. The van der Waals surface area contributed by atoms with Crippen LogP contribution in [0.15, 0.2) is 0 Å². The predicted octanol–water partition coefficient (Wildman–Crippen LogP) is 0.155. The van der Waals surface area contributed by atoms with Crippen LogP contribution in [0.25, 0.3) is 4.96 Å². The number of hydrogen-bond acceptors (Lipinski definition) is 6. The topological polar surface area (TPSA) is 89.2 Å². The van der Waals surface area contributed by atoms with Gasteiger partial charge in [0.1, 0.15) is 5.01 Å². The highest BCUT2D eigenvalue weighted by molar-refractivity contribution is 7.88. The van der Waals surface area contributed by atoms with E-state index in [9.17, 15) is 8.42 Å². The summed E-state index contributed by atoms with van der Waals surface area (Å²) in [5.74, 6) is 1.44. The number of sulfonamides is 1. The highest BCUT2D eigenvalue weighted by Crippen LogP contribution is 2.39. The van der Waals surface area contributed by atoms with Crippen LogP contribution in [0.5, 0.6) is 0 Å². The first-order valence-electron chi connectivity index (χ1n) is 5.68. The van der Waals surface area contributed by atoms with Gasteiger partial charge in [0.15, 0.2) is 5.82 Å². The van der Waals surface area contributed by atoms with Crippen molar-refractivity contribution in [1.82, 2.24) is 24.5 Å². The fourth-order valence-electron chi connectivity index (χ4n) is 1.71. The highest BCUT2D eigenvalue weighted by Gasteiger charge is 2.29. The molecule has 0 amide bonds. The Bertz CT molecular complexity index is 670. The average Bonchev–Trinajstić information content (AvgIpc) is 2.89. The molecule has 0 aliphatic heterocycles. The SMILES string of the molecule is CS(=O)(=O)NCCc1nn2c(C3CC3)nnc2s1. The molecule has 0 bridgehead atoms. The van der Waals surface area contributed by atoms with E-state index < -0.39 is 10.0 Å². The molecule has 1 aliphatic rings. The lowest BCUT2D eigenvalue weighted by molar-refractivity contribution is 0.587. The minimum atomic E-state index is -3.13. The Morgan fingerprint density at radius 2 is 2.22 bits per heavy atom. The molecule has 3 rings (SSSR count). The molecular weight excluding hydrogens is 274 g/mol. The molecule has 0 saturated heterocycles. The zero-order valence-corrected chi connectivity index (χ0v) is 11.5. The van der Waals surface area contributed by atoms with Crippen molar-refractivity contribution in [3.8, 4) is 0 Å². The molecular formula is C9H13N5O2S2. The van der Waals surface area contributed by atoms with Crippen molar-refractivity contribution in [3.05, 3.63) is 10.8 Å². The second-order valence-corrected chi connectivity index (χ2v) is 7.31. The van der Waals surface area contributed by atoms with E-state index >= 15 is 0 Å². The average molecular weight is 287 g/mol. The molecule has 1 saturated carbocycles. The van der Waals surface area contributed by atoms with Crippen LogP contribution in [0.1, 0.15) is 29.6 Å². The van der Waals surface area contributed by atoms with Crippen LogP contribution in [0.4, 0.5) is 0 Å². The maximum Gasteiger partial charge on any atom is 0.234 e. The van der Waals surface area contributed by atoms with E-state index in [-0.39, 0.29) is 0 Å². The number of aromatic nitrogens is 4. The zero-order valence-electron chi connectivity index (χ0n) is 9.83. The van der Waals surface area contributed by atoms with Gasteiger partial charge in [-0.15, -0.1) is 10.2 Å². The normalized spacial score (nSPS) is 16.5. The van der Waals surface area contributed by atoms with Crippen LogP contribution in [0.2, 0.25) is 0 Å². The van der Waals surface area contributed by atoms with Crippen molar-refractivity contribution in [2.45, 2.75) is 25.2 Å². The van der Waals surface area contributed by atoms with Gasteiger partial charge in [0.2, 0.25) is 15.0 Å². The third-order valence-electron chi connectivity index (χ3n) is 2.70. The monoisotopic (exact) mass is 287 g/mol. The molecule has 0 unspecified atom stereocenters.